The molecule has 2 rings (SSSR count). The Kier molecular flexibility index (Phi) is 4.38. The van der Waals surface area contributed by atoms with Crippen molar-refractivity contribution in [3.63, 3.8) is 0 Å². The lowest BCUT2D eigenvalue weighted by atomic mass is 9.97. The van der Waals surface area contributed by atoms with Gasteiger partial charge in [-0.15, -0.1) is 0 Å². The third kappa shape index (κ3) is 3.11. The molecule has 1 amide bonds. The molecule has 0 N–H and O–H groups in total. The molecule has 0 aliphatic carbocycles. The second-order valence-corrected chi connectivity index (χ2v) is 5.44. The van der Waals surface area contributed by atoms with E-state index in [0.29, 0.717) is 0 Å². The number of nitrogens with zero attached hydrogens (tertiary/aromatic N) is 2. The van der Waals surface area contributed by atoms with Crippen LogP contribution in [0.4, 0.5) is 0 Å². The molecule has 0 saturated carbocycles. The smallest absolute Gasteiger partial charge is 0.224 e. The van der Waals surface area contributed by atoms with Crippen LogP contribution in [-0.2, 0) is 4.79 Å². The van der Waals surface area contributed by atoms with Gasteiger partial charge in [-0.05, 0) is 30.5 Å². The van der Waals surface area contributed by atoms with Gasteiger partial charge >= 0.3 is 0 Å². The summed E-state index contributed by atoms with van der Waals surface area (Å²) < 4.78 is 0.939. The predicted molar refractivity (Wildman–Crippen MR) is 72.9 cm³/mol. The number of halogens is 1. The van der Waals surface area contributed by atoms with Gasteiger partial charge in [-0.3, -0.25) is 4.79 Å². The monoisotopic (exact) mass is 306 g/mol. The number of likely N-dealkylation sites (tertiary alicyclic amines) is 1. The lowest BCUT2D eigenvalue weighted by Gasteiger charge is -2.17. The fourth-order valence-electron chi connectivity index (χ4n) is 2.23. The van der Waals surface area contributed by atoms with Gasteiger partial charge in [0.05, 0.1) is 12.0 Å². The zero-order valence-electron chi connectivity index (χ0n) is 10.1. The second kappa shape index (κ2) is 6.01. The van der Waals surface area contributed by atoms with E-state index in [1.807, 2.05) is 29.2 Å². The molecular formula is C14H15BrN2O. The molecule has 0 radical (unpaired) electrons. The lowest BCUT2D eigenvalue weighted by Crippen LogP contribution is -2.28. The van der Waals surface area contributed by atoms with Crippen molar-refractivity contribution in [2.75, 3.05) is 13.1 Å². The maximum absolute atomic E-state index is 12.0. The summed E-state index contributed by atoms with van der Waals surface area (Å²) in [5.74, 6) is -0.255. The van der Waals surface area contributed by atoms with Crippen LogP contribution in [0.1, 0.15) is 30.7 Å². The van der Waals surface area contributed by atoms with E-state index in [4.69, 9.17) is 0 Å². The minimum Gasteiger partial charge on any atom is -0.343 e. The first kappa shape index (κ1) is 13.1. The molecule has 4 heteroatoms. The summed E-state index contributed by atoms with van der Waals surface area (Å²) in [4.78, 5) is 13.9. The highest BCUT2D eigenvalue weighted by Crippen LogP contribution is 2.24. The van der Waals surface area contributed by atoms with Crippen molar-refractivity contribution < 1.29 is 4.79 Å². The van der Waals surface area contributed by atoms with E-state index in [9.17, 15) is 10.1 Å². The maximum atomic E-state index is 12.0. The van der Waals surface area contributed by atoms with Gasteiger partial charge < -0.3 is 4.90 Å². The van der Waals surface area contributed by atoms with E-state index in [2.05, 4.69) is 22.0 Å². The Balaban J connectivity index is 2.05. The highest BCUT2D eigenvalue weighted by Gasteiger charge is 2.22. The van der Waals surface area contributed by atoms with E-state index in [-0.39, 0.29) is 18.2 Å². The number of hydrogen-bond acceptors (Lipinski definition) is 2. The molecule has 1 heterocycles. The molecule has 1 saturated heterocycles. The Morgan fingerprint density at radius 3 is 2.78 bits per heavy atom. The van der Waals surface area contributed by atoms with Gasteiger partial charge in [0.2, 0.25) is 5.91 Å². The molecule has 1 fully saturated rings. The Bertz CT molecular complexity index is 475. The van der Waals surface area contributed by atoms with E-state index in [1.165, 1.54) is 0 Å². The zero-order valence-corrected chi connectivity index (χ0v) is 11.7. The van der Waals surface area contributed by atoms with Crippen LogP contribution in [0.15, 0.2) is 28.7 Å². The number of amides is 1. The lowest BCUT2D eigenvalue weighted by molar-refractivity contribution is -0.130. The van der Waals surface area contributed by atoms with Gasteiger partial charge in [0.25, 0.3) is 0 Å². The number of benzene rings is 1. The average Bonchev–Trinajstić information content (AvgIpc) is 2.89. The van der Waals surface area contributed by atoms with E-state index in [0.717, 1.165) is 36.0 Å². The summed E-state index contributed by atoms with van der Waals surface area (Å²) in [5, 5.41) is 9.23. The van der Waals surface area contributed by atoms with Crippen molar-refractivity contribution in [2.24, 2.45) is 0 Å². The van der Waals surface area contributed by atoms with E-state index < -0.39 is 0 Å². The number of rotatable bonds is 3. The van der Waals surface area contributed by atoms with Crippen LogP contribution in [-0.4, -0.2) is 23.9 Å². The third-order valence-corrected chi connectivity index (χ3v) is 3.74. The first-order chi connectivity index (χ1) is 8.70. The first-order valence-electron chi connectivity index (χ1n) is 6.13. The van der Waals surface area contributed by atoms with Crippen LogP contribution in [0.5, 0.6) is 0 Å². The quantitative estimate of drug-likeness (QED) is 0.861. The van der Waals surface area contributed by atoms with Crippen LogP contribution < -0.4 is 0 Å². The van der Waals surface area contributed by atoms with Gasteiger partial charge in [0, 0.05) is 24.0 Å². The second-order valence-electron chi connectivity index (χ2n) is 4.53. The molecule has 1 aromatic rings. The van der Waals surface area contributed by atoms with Crippen LogP contribution in [0.3, 0.4) is 0 Å². The molecule has 3 nitrogen and oxygen atoms in total. The highest BCUT2D eigenvalue weighted by atomic mass is 79.9. The predicted octanol–water partition coefficient (Wildman–Crippen LogP) is 3.07. The van der Waals surface area contributed by atoms with Gasteiger partial charge in [-0.2, -0.15) is 5.26 Å². The normalized spacial score (nSPS) is 16.3. The molecule has 0 bridgehead atoms. The molecule has 18 heavy (non-hydrogen) atoms. The Hall–Kier alpha value is -1.34. The van der Waals surface area contributed by atoms with Gasteiger partial charge in [-0.1, -0.05) is 28.1 Å². The van der Waals surface area contributed by atoms with Crippen molar-refractivity contribution >= 4 is 21.8 Å². The number of hydrogen-bond donors (Lipinski definition) is 0. The molecule has 1 atom stereocenters. The summed E-state index contributed by atoms with van der Waals surface area (Å²) in [6.45, 7) is 1.69. The summed E-state index contributed by atoms with van der Waals surface area (Å²) in [7, 11) is 0. The average molecular weight is 307 g/mol. The molecule has 1 aliphatic rings. The SMILES string of the molecule is N#CC(CC(=O)N1CCCC1)c1cccc(Br)c1. The minimum absolute atomic E-state index is 0.0963. The van der Waals surface area contributed by atoms with Gasteiger partial charge in [0.15, 0.2) is 0 Å². The molecule has 1 aromatic carbocycles. The summed E-state index contributed by atoms with van der Waals surface area (Å²) in [6.07, 6.45) is 2.45. The molecule has 0 aromatic heterocycles. The van der Waals surface area contributed by atoms with Crippen molar-refractivity contribution in [1.29, 1.82) is 5.26 Å². The van der Waals surface area contributed by atoms with Crippen LogP contribution in [0.25, 0.3) is 0 Å². The van der Waals surface area contributed by atoms with Crippen LogP contribution >= 0.6 is 15.9 Å². The fraction of sp³-hybridized carbons (Fsp3) is 0.429. The molecular weight excluding hydrogens is 292 g/mol. The van der Waals surface area contributed by atoms with E-state index in [1.54, 1.807) is 0 Å². The molecule has 1 unspecified atom stereocenters. The Morgan fingerprint density at radius 2 is 2.17 bits per heavy atom. The Morgan fingerprint density at radius 1 is 1.44 bits per heavy atom. The van der Waals surface area contributed by atoms with Crippen molar-refractivity contribution in [2.45, 2.75) is 25.2 Å². The van der Waals surface area contributed by atoms with Gasteiger partial charge in [0.1, 0.15) is 0 Å². The molecule has 0 spiro atoms. The molecule has 94 valence electrons. The largest absolute Gasteiger partial charge is 0.343 e. The van der Waals surface area contributed by atoms with Crippen molar-refractivity contribution in [3.8, 4) is 6.07 Å². The highest BCUT2D eigenvalue weighted by molar-refractivity contribution is 9.10. The number of nitriles is 1. The van der Waals surface area contributed by atoms with Crippen molar-refractivity contribution in [3.05, 3.63) is 34.3 Å². The topological polar surface area (TPSA) is 44.1 Å². The van der Waals surface area contributed by atoms with Crippen molar-refractivity contribution in [1.82, 2.24) is 4.90 Å². The summed E-state index contributed by atoms with van der Waals surface area (Å²) in [5.41, 5.74) is 0.902. The van der Waals surface area contributed by atoms with E-state index >= 15 is 0 Å². The number of carbonyl (C=O) groups excluding carboxylic acids is 1. The van der Waals surface area contributed by atoms with Gasteiger partial charge in [-0.25, -0.2) is 0 Å². The Labute approximate surface area is 116 Å². The standard InChI is InChI=1S/C14H15BrN2O/c15-13-5-3-4-11(8-13)12(10-16)9-14(18)17-6-1-2-7-17/h3-5,8,12H,1-2,6-7,9H2. The maximum Gasteiger partial charge on any atom is 0.224 e. The summed E-state index contributed by atoms with van der Waals surface area (Å²) in [6, 6.07) is 9.85. The number of carbonyl (C=O) groups is 1. The first-order valence-corrected chi connectivity index (χ1v) is 6.93. The minimum atomic E-state index is -0.351. The zero-order chi connectivity index (χ0) is 13.0. The fourth-order valence-corrected chi connectivity index (χ4v) is 2.65. The third-order valence-electron chi connectivity index (χ3n) is 3.24. The van der Waals surface area contributed by atoms with Crippen LogP contribution in [0.2, 0.25) is 0 Å². The molecule has 1 aliphatic heterocycles. The van der Waals surface area contributed by atoms with Crippen LogP contribution in [0, 0.1) is 11.3 Å². The summed E-state index contributed by atoms with van der Waals surface area (Å²) >= 11 is 3.39.